The van der Waals surface area contributed by atoms with Crippen LogP contribution in [0.4, 0.5) is 0 Å². The first-order chi connectivity index (χ1) is 8.00. The fourth-order valence-corrected chi connectivity index (χ4v) is 3.85. The molecule has 5 heteroatoms. The van der Waals surface area contributed by atoms with Crippen molar-refractivity contribution in [2.45, 2.75) is 46.1 Å². The summed E-state index contributed by atoms with van der Waals surface area (Å²) in [6, 6.07) is 0.504. The molecular formula is C12H26BrNO2S. The van der Waals surface area contributed by atoms with Crippen molar-refractivity contribution in [2.24, 2.45) is 0 Å². The van der Waals surface area contributed by atoms with Crippen LogP contribution in [0, 0.1) is 0 Å². The Hall–Kier alpha value is 0.390. The highest BCUT2D eigenvalue weighted by Gasteiger charge is 2.17. The second-order valence-corrected chi connectivity index (χ2v) is 7.44. The Morgan fingerprint density at radius 2 is 1.65 bits per heavy atom. The van der Waals surface area contributed by atoms with Crippen LogP contribution < -0.4 is 0 Å². The third kappa shape index (κ3) is 7.42. The number of hydrogen-bond acceptors (Lipinski definition) is 3. The highest BCUT2D eigenvalue weighted by molar-refractivity contribution is 9.09. The van der Waals surface area contributed by atoms with Gasteiger partial charge in [-0.05, 0) is 19.3 Å². The first kappa shape index (κ1) is 17.4. The van der Waals surface area contributed by atoms with E-state index in [1.54, 1.807) is 0 Å². The molecule has 0 N–H and O–H groups in total. The average Bonchev–Trinajstić information content (AvgIpc) is 2.27. The zero-order valence-electron chi connectivity index (χ0n) is 11.3. The van der Waals surface area contributed by atoms with Gasteiger partial charge in [0, 0.05) is 30.2 Å². The van der Waals surface area contributed by atoms with E-state index < -0.39 is 9.84 Å². The maximum absolute atomic E-state index is 11.7. The van der Waals surface area contributed by atoms with E-state index in [0.717, 1.165) is 24.7 Å². The first-order valence-corrected chi connectivity index (χ1v) is 9.45. The number of nitrogens with zero attached hydrogens (tertiary/aromatic N) is 1. The number of sulfone groups is 1. The first-order valence-electron chi connectivity index (χ1n) is 6.51. The summed E-state index contributed by atoms with van der Waals surface area (Å²) < 4.78 is 23.4. The van der Waals surface area contributed by atoms with Crippen LogP contribution in [0.3, 0.4) is 0 Å². The van der Waals surface area contributed by atoms with Crippen molar-refractivity contribution in [3.05, 3.63) is 0 Å². The SMILES string of the molecule is CCCS(=O)(=O)CCN(CCBr)C(CC)CC. The van der Waals surface area contributed by atoms with Crippen molar-refractivity contribution < 1.29 is 8.42 Å². The van der Waals surface area contributed by atoms with Gasteiger partial charge in [0.25, 0.3) is 0 Å². The maximum atomic E-state index is 11.7. The number of halogens is 1. The molecule has 0 aromatic rings. The summed E-state index contributed by atoms with van der Waals surface area (Å²) in [5.41, 5.74) is 0. The van der Waals surface area contributed by atoms with E-state index in [1.165, 1.54) is 0 Å². The van der Waals surface area contributed by atoms with Crippen molar-refractivity contribution in [3.8, 4) is 0 Å². The van der Waals surface area contributed by atoms with E-state index in [2.05, 4.69) is 34.7 Å². The van der Waals surface area contributed by atoms with Gasteiger partial charge in [0.2, 0.25) is 0 Å². The van der Waals surface area contributed by atoms with Crippen LogP contribution in [0.1, 0.15) is 40.0 Å². The fraction of sp³-hybridized carbons (Fsp3) is 1.00. The lowest BCUT2D eigenvalue weighted by atomic mass is 10.1. The lowest BCUT2D eigenvalue weighted by Gasteiger charge is -2.29. The highest BCUT2D eigenvalue weighted by Crippen LogP contribution is 2.09. The van der Waals surface area contributed by atoms with Crippen molar-refractivity contribution in [1.29, 1.82) is 0 Å². The average molecular weight is 328 g/mol. The van der Waals surface area contributed by atoms with Gasteiger partial charge in [0.1, 0.15) is 0 Å². The Balaban J connectivity index is 4.35. The third-order valence-corrected chi connectivity index (χ3v) is 5.22. The third-order valence-electron chi connectivity index (χ3n) is 3.04. The monoisotopic (exact) mass is 327 g/mol. The van der Waals surface area contributed by atoms with Gasteiger partial charge in [-0.3, -0.25) is 4.90 Å². The number of rotatable bonds is 10. The summed E-state index contributed by atoms with van der Waals surface area (Å²) in [7, 11) is -2.85. The minimum absolute atomic E-state index is 0.296. The zero-order chi connectivity index (χ0) is 13.3. The smallest absolute Gasteiger partial charge is 0.151 e. The lowest BCUT2D eigenvalue weighted by molar-refractivity contribution is 0.209. The quantitative estimate of drug-likeness (QED) is 0.579. The summed E-state index contributed by atoms with van der Waals surface area (Å²) in [5, 5.41) is 0.900. The molecule has 0 spiro atoms. The second kappa shape index (κ2) is 9.34. The van der Waals surface area contributed by atoms with E-state index in [1.807, 2.05) is 6.92 Å². The van der Waals surface area contributed by atoms with Crippen LogP contribution in [-0.2, 0) is 9.84 Å². The van der Waals surface area contributed by atoms with Gasteiger partial charge < -0.3 is 0 Å². The molecule has 0 radical (unpaired) electrons. The van der Waals surface area contributed by atoms with Crippen LogP contribution in [0.15, 0.2) is 0 Å². The van der Waals surface area contributed by atoms with Crippen molar-refractivity contribution in [2.75, 3.05) is 29.9 Å². The van der Waals surface area contributed by atoms with Crippen LogP contribution in [0.5, 0.6) is 0 Å². The lowest BCUT2D eigenvalue weighted by Crippen LogP contribution is -2.39. The Morgan fingerprint density at radius 3 is 2.06 bits per heavy atom. The molecule has 0 heterocycles. The molecule has 0 amide bonds. The summed E-state index contributed by atoms with van der Waals surface area (Å²) >= 11 is 3.44. The molecule has 0 fully saturated rings. The van der Waals surface area contributed by atoms with E-state index >= 15 is 0 Å². The molecule has 0 aliphatic heterocycles. The summed E-state index contributed by atoms with van der Waals surface area (Å²) in [6.45, 7) is 7.83. The van der Waals surface area contributed by atoms with E-state index in [4.69, 9.17) is 0 Å². The summed E-state index contributed by atoms with van der Waals surface area (Å²) in [6.07, 6.45) is 2.88. The fourth-order valence-electron chi connectivity index (χ4n) is 2.06. The molecule has 0 aromatic heterocycles. The maximum Gasteiger partial charge on any atom is 0.151 e. The Kier molecular flexibility index (Phi) is 9.55. The largest absolute Gasteiger partial charge is 0.299 e. The van der Waals surface area contributed by atoms with Crippen molar-refractivity contribution in [3.63, 3.8) is 0 Å². The molecular weight excluding hydrogens is 302 g/mol. The van der Waals surface area contributed by atoms with Gasteiger partial charge in [-0.2, -0.15) is 0 Å². The molecule has 0 saturated heterocycles. The van der Waals surface area contributed by atoms with E-state index in [0.29, 0.717) is 30.5 Å². The highest BCUT2D eigenvalue weighted by atomic mass is 79.9. The standard InChI is InChI=1S/C12H26BrNO2S/c1-4-10-17(15,16)11-9-14(8-7-13)12(5-2)6-3/h12H,4-11H2,1-3H3. The van der Waals surface area contributed by atoms with Crippen molar-refractivity contribution in [1.82, 2.24) is 4.90 Å². The van der Waals surface area contributed by atoms with Gasteiger partial charge in [-0.1, -0.05) is 36.7 Å². The molecule has 104 valence electrons. The molecule has 0 unspecified atom stereocenters. The molecule has 0 rings (SSSR count). The molecule has 0 aliphatic carbocycles. The molecule has 0 saturated carbocycles. The Morgan fingerprint density at radius 1 is 1.06 bits per heavy atom. The van der Waals surface area contributed by atoms with Crippen LogP contribution in [-0.4, -0.2) is 49.3 Å². The molecule has 0 atom stereocenters. The van der Waals surface area contributed by atoms with Crippen molar-refractivity contribution >= 4 is 25.8 Å². The summed E-state index contributed by atoms with van der Waals surface area (Å²) in [5.74, 6) is 0.614. The van der Waals surface area contributed by atoms with Gasteiger partial charge in [-0.15, -0.1) is 0 Å². The molecule has 0 aromatic carbocycles. The Bertz CT molecular complexity index is 276. The molecule has 0 aliphatic rings. The summed E-state index contributed by atoms with van der Waals surface area (Å²) in [4.78, 5) is 2.29. The van der Waals surface area contributed by atoms with Gasteiger partial charge in [0.15, 0.2) is 9.84 Å². The zero-order valence-corrected chi connectivity index (χ0v) is 13.7. The minimum Gasteiger partial charge on any atom is -0.299 e. The van der Waals surface area contributed by atoms with E-state index in [-0.39, 0.29) is 0 Å². The van der Waals surface area contributed by atoms with Crippen LogP contribution >= 0.6 is 15.9 Å². The van der Waals surface area contributed by atoms with Gasteiger partial charge in [-0.25, -0.2) is 8.42 Å². The second-order valence-electron chi connectivity index (χ2n) is 4.35. The minimum atomic E-state index is -2.85. The van der Waals surface area contributed by atoms with Gasteiger partial charge in [0.05, 0.1) is 5.75 Å². The van der Waals surface area contributed by atoms with Gasteiger partial charge >= 0.3 is 0 Å². The van der Waals surface area contributed by atoms with Crippen LogP contribution in [0.25, 0.3) is 0 Å². The molecule has 0 bridgehead atoms. The molecule has 17 heavy (non-hydrogen) atoms. The predicted octanol–water partition coefficient (Wildman–Crippen LogP) is 2.70. The number of hydrogen-bond donors (Lipinski definition) is 0. The van der Waals surface area contributed by atoms with E-state index in [9.17, 15) is 8.42 Å². The number of alkyl halides is 1. The Labute approximate surface area is 115 Å². The predicted molar refractivity (Wildman–Crippen MR) is 78.7 cm³/mol. The topological polar surface area (TPSA) is 37.4 Å². The normalized spacial score (nSPS) is 12.6. The molecule has 3 nitrogen and oxygen atoms in total. The van der Waals surface area contributed by atoms with Crippen LogP contribution in [0.2, 0.25) is 0 Å².